The quantitative estimate of drug-likeness (QED) is 0.700. The molecular weight excluding hydrogens is 258 g/mol. The average Bonchev–Trinajstić information content (AvgIpc) is 2.85. The van der Waals surface area contributed by atoms with Crippen molar-refractivity contribution in [3.05, 3.63) is 35.9 Å². The minimum atomic E-state index is -0.564. The van der Waals surface area contributed by atoms with Crippen molar-refractivity contribution in [3.63, 3.8) is 0 Å². The topological polar surface area (TPSA) is 107 Å². The first-order chi connectivity index (χ1) is 9.51. The summed E-state index contributed by atoms with van der Waals surface area (Å²) in [5.41, 5.74) is 11.7. The summed E-state index contributed by atoms with van der Waals surface area (Å²) < 4.78 is 5.16. The molecule has 2 amide bonds. The first kappa shape index (κ1) is 14.1. The van der Waals surface area contributed by atoms with Gasteiger partial charge in [0.2, 0.25) is 11.8 Å². The zero-order chi connectivity index (χ0) is 14.7. The summed E-state index contributed by atoms with van der Waals surface area (Å²) in [5.74, 6) is -0.554. The Kier molecular flexibility index (Phi) is 4.05. The number of hydrogen-bond donors (Lipinski definition) is 3. The highest BCUT2D eigenvalue weighted by atomic mass is 16.5. The van der Waals surface area contributed by atoms with Crippen LogP contribution in [-0.2, 0) is 4.79 Å². The lowest BCUT2D eigenvalue weighted by molar-refractivity contribution is -0.118. The smallest absolute Gasteiger partial charge is 0.248 e. The van der Waals surface area contributed by atoms with Crippen molar-refractivity contribution in [2.75, 3.05) is 12.4 Å². The number of nitrogens with two attached hydrogens (primary N) is 2. The Morgan fingerprint density at radius 1 is 1.35 bits per heavy atom. The predicted molar refractivity (Wildman–Crippen MR) is 75.4 cm³/mol. The molecule has 0 saturated carbocycles. The Morgan fingerprint density at radius 3 is 2.65 bits per heavy atom. The van der Waals surface area contributed by atoms with E-state index in [1.165, 1.54) is 13.2 Å². The van der Waals surface area contributed by atoms with E-state index in [4.69, 9.17) is 16.2 Å². The van der Waals surface area contributed by atoms with Gasteiger partial charge in [0.05, 0.1) is 18.7 Å². The van der Waals surface area contributed by atoms with E-state index in [2.05, 4.69) is 5.32 Å². The van der Waals surface area contributed by atoms with Crippen molar-refractivity contribution in [3.8, 4) is 5.75 Å². The van der Waals surface area contributed by atoms with Gasteiger partial charge in [-0.05, 0) is 24.6 Å². The van der Waals surface area contributed by atoms with Gasteiger partial charge in [0.1, 0.15) is 5.75 Å². The van der Waals surface area contributed by atoms with Gasteiger partial charge in [-0.25, -0.2) is 0 Å². The highest BCUT2D eigenvalue weighted by Gasteiger charge is 2.23. The molecule has 0 aliphatic heterocycles. The van der Waals surface area contributed by atoms with E-state index in [0.29, 0.717) is 23.4 Å². The number of ether oxygens (including phenoxy) is 1. The fourth-order valence-electron chi connectivity index (χ4n) is 2.11. The van der Waals surface area contributed by atoms with Gasteiger partial charge in [-0.15, -0.1) is 0 Å². The molecule has 1 aliphatic carbocycles. The van der Waals surface area contributed by atoms with E-state index in [0.717, 1.165) is 0 Å². The van der Waals surface area contributed by atoms with Crippen molar-refractivity contribution in [1.29, 1.82) is 0 Å². The van der Waals surface area contributed by atoms with Gasteiger partial charge in [0.25, 0.3) is 0 Å². The van der Waals surface area contributed by atoms with Crippen LogP contribution in [0.15, 0.2) is 30.4 Å². The van der Waals surface area contributed by atoms with Gasteiger partial charge in [-0.1, -0.05) is 12.2 Å². The Balaban J connectivity index is 2.19. The molecule has 2 unspecified atom stereocenters. The monoisotopic (exact) mass is 275 g/mol. The highest BCUT2D eigenvalue weighted by molar-refractivity contribution is 5.98. The number of benzene rings is 1. The van der Waals surface area contributed by atoms with Crippen LogP contribution in [0.3, 0.4) is 0 Å². The van der Waals surface area contributed by atoms with Crippen LogP contribution in [-0.4, -0.2) is 25.0 Å². The number of carbonyl (C=O) groups excluding carboxylic acids is 2. The number of methoxy groups -OCH3 is 1. The summed E-state index contributed by atoms with van der Waals surface area (Å²) in [6.45, 7) is 0. The molecule has 0 heterocycles. The summed E-state index contributed by atoms with van der Waals surface area (Å²) in [6.07, 6.45) is 4.16. The largest absolute Gasteiger partial charge is 0.495 e. The second-order valence-electron chi connectivity index (χ2n) is 4.66. The molecule has 0 bridgehead atoms. The molecule has 6 nitrogen and oxygen atoms in total. The number of anilines is 1. The van der Waals surface area contributed by atoms with Crippen LogP contribution in [0.25, 0.3) is 0 Å². The molecule has 5 N–H and O–H groups in total. The normalized spacial score (nSPS) is 20.7. The molecule has 0 spiro atoms. The SMILES string of the molecule is COc1ccc(C(N)=O)cc1NC(=O)C1C=CC(N)C1. The molecule has 1 aliphatic rings. The van der Waals surface area contributed by atoms with Gasteiger partial charge in [-0.2, -0.15) is 0 Å². The lowest BCUT2D eigenvalue weighted by atomic mass is 10.1. The van der Waals surface area contributed by atoms with Crippen LogP contribution in [0, 0.1) is 5.92 Å². The molecular formula is C14H17N3O3. The van der Waals surface area contributed by atoms with E-state index in [-0.39, 0.29) is 17.9 Å². The number of primary amides is 1. The van der Waals surface area contributed by atoms with Crippen molar-refractivity contribution in [2.24, 2.45) is 17.4 Å². The fraction of sp³-hybridized carbons (Fsp3) is 0.286. The van der Waals surface area contributed by atoms with Crippen LogP contribution >= 0.6 is 0 Å². The number of carbonyl (C=O) groups is 2. The Morgan fingerprint density at radius 2 is 2.10 bits per heavy atom. The molecule has 106 valence electrons. The maximum absolute atomic E-state index is 12.1. The first-order valence-electron chi connectivity index (χ1n) is 6.24. The molecule has 0 radical (unpaired) electrons. The first-order valence-corrected chi connectivity index (χ1v) is 6.24. The lowest BCUT2D eigenvalue weighted by Gasteiger charge is -2.14. The number of hydrogen-bond acceptors (Lipinski definition) is 4. The van der Waals surface area contributed by atoms with Crippen molar-refractivity contribution < 1.29 is 14.3 Å². The molecule has 6 heteroatoms. The average molecular weight is 275 g/mol. The van der Waals surface area contributed by atoms with Crippen molar-refractivity contribution in [2.45, 2.75) is 12.5 Å². The third kappa shape index (κ3) is 2.97. The van der Waals surface area contributed by atoms with Crippen molar-refractivity contribution >= 4 is 17.5 Å². The summed E-state index contributed by atoms with van der Waals surface area (Å²) in [5, 5.41) is 2.74. The van der Waals surface area contributed by atoms with E-state index in [1.54, 1.807) is 24.3 Å². The third-order valence-corrected chi connectivity index (χ3v) is 3.20. The Hall–Kier alpha value is -2.34. The summed E-state index contributed by atoms with van der Waals surface area (Å²) in [4.78, 5) is 23.3. The number of amides is 2. The van der Waals surface area contributed by atoms with E-state index < -0.39 is 5.91 Å². The Labute approximate surface area is 116 Å². The van der Waals surface area contributed by atoms with Gasteiger partial charge in [0, 0.05) is 11.6 Å². The van der Waals surface area contributed by atoms with Crippen LogP contribution in [0.1, 0.15) is 16.8 Å². The zero-order valence-electron chi connectivity index (χ0n) is 11.1. The molecule has 0 fully saturated rings. The maximum atomic E-state index is 12.1. The molecule has 20 heavy (non-hydrogen) atoms. The fourth-order valence-corrected chi connectivity index (χ4v) is 2.11. The van der Waals surface area contributed by atoms with E-state index in [1.807, 2.05) is 0 Å². The second-order valence-corrected chi connectivity index (χ2v) is 4.66. The van der Waals surface area contributed by atoms with Gasteiger partial charge < -0.3 is 21.5 Å². The maximum Gasteiger partial charge on any atom is 0.248 e. The van der Waals surface area contributed by atoms with Gasteiger partial charge >= 0.3 is 0 Å². The third-order valence-electron chi connectivity index (χ3n) is 3.20. The molecule has 0 aromatic heterocycles. The lowest BCUT2D eigenvalue weighted by Crippen LogP contribution is -2.24. The second kappa shape index (κ2) is 5.75. The summed E-state index contributed by atoms with van der Waals surface area (Å²) in [7, 11) is 1.49. The zero-order valence-corrected chi connectivity index (χ0v) is 11.1. The van der Waals surface area contributed by atoms with E-state index >= 15 is 0 Å². The van der Waals surface area contributed by atoms with Crippen molar-refractivity contribution in [1.82, 2.24) is 0 Å². The number of rotatable bonds is 4. The molecule has 1 aromatic rings. The minimum absolute atomic E-state index is 0.0930. The molecule has 1 aromatic carbocycles. The number of nitrogens with one attached hydrogen (secondary N) is 1. The minimum Gasteiger partial charge on any atom is -0.495 e. The van der Waals surface area contributed by atoms with E-state index in [9.17, 15) is 9.59 Å². The van der Waals surface area contributed by atoms with Gasteiger partial charge in [0.15, 0.2) is 0 Å². The molecule has 0 saturated heterocycles. The summed E-state index contributed by atoms with van der Waals surface area (Å²) in [6, 6.07) is 4.54. The van der Waals surface area contributed by atoms with Gasteiger partial charge in [-0.3, -0.25) is 9.59 Å². The predicted octanol–water partition coefficient (Wildman–Crippen LogP) is 0.636. The molecule has 2 atom stereocenters. The summed E-state index contributed by atoms with van der Waals surface area (Å²) >= 11 is 0. The standard InChI is InChI=1S/C14H17N3O3/c1-20-12-5-3-8(13(16)18)7-11(12)17-14(19)9-2-4-10(15)6-9/h2-5,7,9-10H,6,15H2,1H3,(H2,16,18)(H,17,19). The molecule has 2 rings (SSSR count). The van der Waals surface area contributed by atoms with Crippen LogP contribution < -0.4 is 21.5 Å². The Bertz CT molecular complexity index is 569. The highest BCUT2D eigenvalue weighted by Crippen LogP contribution is 2.27. The van der Waals surface area contributed by atoms with Crippen LogP contribution in [0.2, 0.25) is 0 Å². The van der Waals surface area contributed by atoms with Crippen LogP contribution in [0.4, 0.5) is 5.69 Å². The van der Waals surface area contributed by atoms with Crippen LogP contribution in [0.5, 0.6) is 5.75 Å².